The first-order chi connectivity index (χ1) is 15.1. The number of fused-ring (bicyclic) bond motifs is 1. The van der Waals surface area contributed by atoms with Gasteiger partial charge in [0.25, 0.3) is 5.91 Å². The minimum atomic E-state index is -0.239. The van der Waals surface area contributed by atoms with Crippen LogP contribution in [0.5, 0.6) is 0 Å². The second-order valence-corrected chi connectivity index (χ2v) is 8.75. The van der Waals surface area contributed by atoms with E-state index in [0.717, 1.165) is 52.4 Å². The molecule has 2 aromatic heterocycles. The quantitative estimate of drug-likeness (QED) is 0.478. The van der Waals surface area contributed by atoms with Crippen LogP contribution < -0.4 is 0 Å². The van der Waals surface area contributed by atoms with Crippen LogP contribution in [-0.2, 0) is 13.6 Å². The molecule has 5 rings (SSSR count). The van der Waals surface area contributed by atoms with E-state index >= 15 is 0 Å². The van der Waals surface area contributed by atoms with Crippen molar-refractivity contribution in [2.24, 2.45) is 7.05 Å². The molecule has 0 bridgehead atoms. The lowest BCUT2D eigenvalue weighted by Gasteiger charge is -2.34. The molecule has 0 unspecified atom stereocenters. The van der Waals surface area contributed by atoms with Crippen LogP contribution in [-0.4, -0.2) is 51.4 Å². The second-order valence-electron chi connectivity index (χ2n) is 7.89. The van der Waals surface area contributed by atoms with Gasteiger partial charge in [0.1, 0.15) is 10.8 Å². The van der Waals surface area contributed by atoms with E-state index in [9.17, 15) is 9.18 Å². The number of nitrogens with zero attached hydrogens (tertiary/aromatic N) is 4. The lowest BCUT2D eigenvalue weighted by atomic mass is 10.1. The highest BCUT2D eigenvalue weighted by atomic mass is 32.1. The van der Waals surface area contributed by atoms with E-state index in [-0.39, 0.29) is 11.7 Å². The van der Waals surface area contributed by atoms with Crippen LogP contribution >= 0.6 is 11.3 Å². The number of hydrogen-bond donors (Lipinski definition) is 0. The summed E-state index contributed by atoms with van der Waals surface area (Å²) in [5, 5.41) is 3.97. The Morgan fingerprint density at radius 1 is 1.06 bits per heavy atom. The molecular formula is C24H23FN4OS. The van der Waals surface area contributed by atoms with Crippen LogP contribution in [0.4, 0.5) is 4.39 Å². The molecule has 0 saturated carbocycles. The number of piperazine rings is 1. The maximum absolute atomic E-state index is 13.1. The van der Waals surface area contributed by atoms with Crippen LogP contribution in [0.3, 0.4) is 0 Å². The van der Waals surface area contributed by atoms with Crippen LogP contribution in [0.25, 0.3) is 21.5 Å². The predicted octanol–water partition coefficient (Wildman–Crippen LogP) is 4.40. The van der Waals surface area contributed by atoms with Gasteiger partial charge in [-0.05, 0) is 30.3 Å². The fraction of sp³-hybridized carbons (Fsp3) is 0.250. The number of amides is 1. The molecule has 2 aromatic carbocycles. The Bertz CT molecular complexity index is 1220. The largest absolute Gasteiger partial charge is 0.350 e. The van der Waals surface area contributed by atoms with Crippen LogP contribution in [0, 0.1) is 5.82 Å². The van der Waals surface area contributed by atoms with Gasteiger partial charge in [-0.1, -0.05) is 18.2 Å². The van der Waals surface area contributed by atoms with Crippen molar-refractivity contribution in [1.29, 1.82) is 0 Å². The highest BCUT2D eigenvalue weighted by molar-refractivity contribution is 7.13. The lowest BCUT2D eigenvalue weighted by Crippen LogP contribution is -2.48. The van der Waals surface area contributed by atoms with Gasteiger partial charge in [0.2, 0.25) is 0 Å². The number of halogens is 1. The molecule has 5 nitrogen and oxygen atoms in total. The van der Waals surface area contributed by atoms with Crippen molar-refractivity contribution >= 4 is 28.1 Å². The number of para-hydroxylation sites is 1. The van der Waals surface area contributed by atoms with Gasteiger partial charge in [0, 0.05) is 67.8 Å². The van der Waals surface area contributed by atoms with Crippen molar-refractivity contribution in [3.05, 3.63) is 77.2 Å². The molecule has 1 aliphatic heterocycles. The summed E-state index contributed by atoms with van der Waals surface area (Å²) in [6, 6.07) is 14.5. The zero-order valence-electron chi connectivity index (χ0n) is 17.3. The third kappa shape index (κ3) is 3.98. The monoisotopic (exact) mass is 434 g/mol. The summed E-state index contributed by atoms with van der Waals surface area (Å²) in [5.74, 6) is -0.139. The fourth-order valence-corrected chi connectivity index (χ4v) is 4.94. The number of hydrogen-bond acceptors (Lipinski definition) is 4. The molecule has 1 amide bonds. The van der Waals surface area contributed by atoms with Gasteiger partial charge >= 0.3 is 0 Å². The summed E-state index contributed by atoms with van der Waals surface area (Å²) < 4.78 is 15.2. The summed E-state index contributed by atoms with van der Waals surface area (Å²) in [6.45, 7) is 3.81. The van der Waals surface area contributed by atoms with E-state index in [1.165, 1.54) is 12.1 Å². The first kappa shape index (κ1) is 19.9. The molecule has 31 heavy (non-hydrogen) atoms. The van der Waals surface area contributed by atoms with Crippen molar-refractivity contribution in [3.8, 4) is 10.6 Å². The van der Waals surface area contributed by atoms with Crippen molar-refractivity contribution < 1.29 is 9.18 Å². The molecule has 1 fully saturated rings. The van der Waals surface area contributed by atoms with Crippen molar-refractivity contribution in [2.45, 2.75) is 6.54 Å². The van der Waals surface area contributed by atoms with Crippen LogP contribution in [0.1, 0.15) is 16.1 Å². The maximum Gasteiger partial charge on any atom is 0.256 e. The SMILES string of the molecule is Cn1cc(C(=O)N2CCN(Cc3csc(-c4ccc(F)cc4)n3)CC2)c2ccccc21. The minimum Gasteiger partial charge on any atom is -0.350 e. The van der Waals surface area contributed by atoms with Gasteiger partial charge in [-0.15, -0.1) is 11.3 Å². The average molecular weight is 435 g/mol. The number of thiazole rings is 1. The molecule has 7 heteroatoms. The number of carbonyl (C=O) groups excluding carboxylic acids is 1. The van der Waals surface area contributed by atoms with Gasteiger partial charge < -0.3 is 9.47 Å². The van der Waals surface area contributed by atoms with Crippen LogP contribution in [0.15, 0.2) is 60.1 Å². The van der Waals surface area contributed by atoms with E-state index in [0.29, 0.717) is 13.1 Å². The number of aryl methyl sites for hydroxylation is 1. The Labute approximate surface area is 184 Å². The molecule has 0 radical (unpaired) electrons. The maximum atomic E-state index is 13.1. The zero-order valence-corrected chi connectivity index (χ0v) is 18.1. The molecule has 0 N–H and O–H groups in total. The van der Waals surface area contributed by atoms with Gasteiger partial charge in [0.05, 0.1) is 11.3 Å². The first-order valence-corrected chi connectivity index (χ1v) is 11.2. The number of carbonyl (C=O) groups is 1. The average Bonchev–Trinajstić information content (AvgIpc) is 3.39. The molecular weight excluding hydrogens is 411 g/mol. The normalized spacial score (nSPS) is 15.0. The fourth-order valence-electron chi connectivity index (χ4n) is 4.13. The van der Waals surface area contributed by atoms with Crippen LogP contribution in [0.2, 0.25) is 0 Å². The Morgan fingerprint density at radius 2 is 1.81 bits per heavy atom. The third-order valence-corrected chi connectivity index (χ3v) is 6.76. The molecule has 0 aliphatic carbocycles. The van der Waals surface area contributed by atoms with Gasteiger partial charge in [0.15, 0.2) is 0 Å². The Balaban J connectivity index is 1.22. The Hall–Kier alpha value is -3.03. The van der Waals surface area contributed by atoms with E-state index in [1.54, 1.807) is 23.5 Å². The highest BCUT2D eigenvalue weighted by Gasteiger charge is 2.25. The number of benzene rings is 2. The van der Waals surface area contributed by atoms with Crippen molar-refractivity contribution in [3.63, 3.8) is 0 Å². The summed E-state index contributed by atoms with van der Waals surface area (Å²) in [5.41, 5.74) is 3.79. The molecule has 4 aromatic rings. The van der Waals surface area contributed by atoms with Gasteiger partial charge in [-0.2, -0.15) is 0 Å². The summed E-state index contributed by atoms with van der Waals surface area (Å²) in [6.07, 6.45) is 1.94. The summed E-state index contributed by atoms with van der Waals surface area (Å²) in [4.78, 5) is 22.1. The molecule has 3 heterocycles. The van der Waals surface area contributed by atoms with Crippen molar-refractivity contribution in [2.75, 3.05) is 26.2 Å². The molecule has 1 aliphatic rings. The van der Waals surface area contributed by atoms with E-state index in [1.807, 2.05) is 47.0 Å². The smallest absolute Gasteiger partial charge is 0.256 e. The lowest BCUT2D eigenvalue weighted by molar-refractivity contribution is 0.0629. The first-order valence-electron chi connectivity index (χ1n) is 10.3. The second kappa shape index (κ2) is 8.24. The van der Waals surface area contributed by atoms with E-state index in [2.05, 4.69) is 10.3 Å². The van der Waals surface area contributed by atoms with Crippen molar-refractivity contribution in [1.82, 2.24) is 19.4 Å². The topological polar surface area (TPSA) is 41.4 Å². The zero-order chi connectivity index (χ0) is 21.4. The molecule has 0 spiro atoms. The summed E-state index contributed by atoms with van der Waals surface area (Å²) in [7, 11) is 1.98. The highest BCUT2D eigenvalue weighted by Crippen LogP contribution is 2.25. The molecule has 158 valence electrons. The Kier molecular flexibility index (Phi) is 5.29. The van der Waals surface area contributed by atoms with Gasteiger partial charge in [-0.25, -0.2) is 9.37 Å². The van der Waals surface area contributed by atoms with Gasteiger partial charge in [-0.3, -0.25) is 9.69 Å². The third-order valence-electron chi connectivity index (χ3n) is 5.82. The molecule has 0 atom stereocenters. The number of rotatable bonds is 4. The Morgan fingerprint density at radius 3 is 2.58 bits per heavy atom. The molecule has 1 saturated heterocycles. The standard InChI is InChI=1S/C24H23FN4OS/c1-27-15-21(20-4-2-3-5-22(20)27)24(30)29-12-10-28(11-13-29)14-19-16-31-23(26-19)17-6-8-18(25)9-7-17/h2-9,15-16H,10-14H2,1H3. The number of aromatic nitrogens is 2. The van der Waals surface area contributed by atoms with E-state index in [4.69, 9.17) is 4.98 Å². The summed E-state index contributed by atoms with van der Waals surface area (Å²) >= 11 is 1.58. The minimum absolute atomic E-state index is 0.101. The van der Waals surface area contributed by atoms with E-state index < -0.39 is 0 Å². The predicted molar refractivity (Wildman–Crippen MR) is 122 cm³/mol.